The number of anilines is 1. The van der Waals surface area contributed by atoms with Crippen molar-refractivity contribution in [2.24, 2.45) is 4.99 Å². The third-order valence-electron chi connectivity index (χ3n) is 3.09. The number of aliphatic imine (C=N–C) groups is 1. The van der Waals surface area contributed by atoms with E-state index in [9.17, 15) is 9.90 Å². The zero-order chi connectivity index (χ0) is 14.5. The minimum absolute atomic E-state index is 0.460. The third kappa shape index (κ3) is 2.16. The first-order chi connectivity index (χ1) is 9.37. The number of carboxylic acids is 1. The zero-order valence-electron chi connectivity index (χ0n) is 11.0. The first-order valence-corrected chi connectivity index (χ1v) is 7.66. The number of thioether (sulfide) groups is 1. The summed E-state index contributed by atoms with van der Waals surface area (Å²) in [5, 5.41) is 10.7. The SMILES string of the molecule is CC1(C)SC(c2nc3ccc(N)cc3s2)=N[C@H]1C(=O)O. The van der Waals surface area contributed by atoms with Gasteiger partial charge in [-0.25, -0.2) is 9.78 Å². The van der Waals surface area contributed by atoms with Gasteiger partial charge in [-0.05, 0) is 32.0 Å². The third-order valence-corrected chi connectivity index (χ3v) is 5.49. The summed E-state index contributed by atoms with van der Waals surface area (Å²) in [6.07, 6.45) is 0. The van der Waals surface area contributed by atoms with E-state index in [1.165, 1.54) is 23.1 Å². The van der Waals surface area contributed by atoms with Crippen LogP contribution in [0.4, 0.5) is 5.69 Å². The summed E-state index contributed by atoms with van der Waals surface area (Å²) < 4.78 is 0.526. The van der Waals surface area contributed by atoms with Crippen molar-refractivity contribution in [1.29, 1.82) is 0 Å². The van der Waals surface area contributed by atoms with Crippen LogP contribution in [0.5, 0.6) is 0 Å². The van der Waals surface area contributed by atoms with Crippen molar-refractivity contribution in [3.8, 4) is 0 Å². The second-order valence-corrected chi connectivity index (χ2v) is 7.80. The van der Waals surface area contributed by atoms with Gasteiger partial charge in [-0.15, -0.1) is 11.3 Å². The molecule has 104 valence electrons. The van der Waals surface area contributed by atoms with Crippen molar-refractivity contribution in [3.63, 3.8) is 0 Å². The van der Waals surface area contributed by atoms with Gasteiger partial charge in [-0.2, -0.15) is 0 Å². The molecule has 0 fully saturated rings. The molecular formula is C13H13N3O2S2. The van der Waals surface area contributed by atoms with E-state index in [2.05, 4.69) is 9.98 Å². The summed E-state index contributed by atoms with van der Waals surface area (Å²) in [6, 6.07) is 4.81. The van der Waals surface area contributed by atoms with Crippen LogP contribution < -0.4 is 5.73 Å². The van der Waals surface area contributed by atoms with E-state index in [0.29, 0.717) is 10.7 Å². The quantitative estimate of drug-likeness (QED) is 0.833. The van der Waals surface area contributed by atoms with Gasteiger partial charge in [0.25, 0.3) is 0 Å². The lowest BCUT2D eigenvalue weighted by molar-refractivity contribution is -0.138. The largest absolute Gasteiger partial charge is 0.480 e. The molecule has 1 aliphatic rings. The summed E-state index contributed by atoms with van der Waals surface area (Å²) >= 11 is 2.95. The van der Waals surface area contributed by atoms with Gasteiger partial charge in [-0.1, -0.05) is 11.8 Å². The summed E-state index contributed by atoms with van der Waals surface area (Å²) in [5.41, 5.74) is 7.31. The van der Waals surface area contributed by atoms with Crippen molar-refractivity contribution in [2.75, 3.05) is 5.73 Å². The number of fused-ring (bicyclic) bond motifs is 1. The number of hydrogen-bond acceptors (Lipinski definition) is 6. The number of thiazole rings is 1. The van der Waals surface area contributed by atoms with Gasteiger partial charge in [0.15, 0.2) is 6.04 Å². The normalized spacial score (nSPS) is 21.1. The number of hydrogen-bond donors (Lipinski definition) is 2. The lowest BCUT2D eigenvalue weighted by Crippen LogP contribution is -2.34. The molecule has 1 aromatic heterocycles. The molecule has 0 aliphatic carbocycles. The molecule has 0 saturated carbocycles. The zero-order valence-corrected chi connectivity index (χ0v) is 12.6. The summed E-state index contributed by atoms with van der Waals surface area (Å²) in [7, 11) is 0. The van der Waals surface area contributed by atoms with E-state index in [1.807, 2.05) is 26.0 Å². The fraction of sp³-hybridized carbons (Fsp3) is 0.308. The van der Waals surface area contributed by atoms with Crippen molar-refractivity contribution >= 4 is 50.0 Å². The van der Waals surface area contributed by atoms with Crippen LogP contribution in [0.15, 0.2) is 23.2 Å². The standard InChI is InChI=1S/C13H13N3O2S2/c1-13(2)9(12(17)18)16-11(20-13)10-15-7-4-3-6(14)5-8(7)19-10/h3-5,9H,14H2,1-2H3,(H,17,18)/t9-/m0/s1. The first-order valence-electron chi connectivity index (χ1n) is 6.03. The Morgan fingerprint density at radius 3 is 2.85 bits per heavy atom. The Balaban J connectivity index is 2.03. The summed E-state index contributed by atoms with van der Waals surface area (Å²) in [5.74, 6) is -0.900. The molecule has 0 unspecified atom stereocenters. The van der Waals surface area contributed by atoms with Crippen molar-refractivity contribution < 1.29 is 9.90 Å². The first kappa shape index (κ1) is 13.4. The Hall–Kier alpha value is -1.60. The molecule has 3 rings (SSSR count). The average molecular weight is 307 g/mol. The molecule has 0 radical (unpaired) electrons. The maximum atomic E-state index is 11.3. The van der Waals surface area contributed by atoms with Gasteiger partial charge in [-0.3, -0.25) is 4.99 Å². The van der Waals surface area contributed by atoms with Crippen LogP contribution in [-0.4, -0.2) is 31.9 Å². The fourth-order valence-electron chi connectivity index (χ4n) is 2.09. The highest BCUT2D eigenvalue weighted by atomic mass is 32.2. The molecule has 0 bridgehead atoms. The van der Waals surface area contributed by atoms with E-state index in [0.717, 1.165) is 15.2 Å². The Morgan fingerprint density at radius 2 is 2.20 bits per heavy atom. The number of nitrogens with zero attached hydrogens (tertiary/aromatic N) is 2. The van der Waals surface area contributed by atoms with Crippen LogP contribution in [-0.2, 0) is 4.79 Å². The highest BCUT2D eigenvalue weighted by Crippen LogP contribution is 2.41. The number of aliphatic carboxylic acids is 1. The monoisotopic (exact) mass is 307 g/mol. The molecule has 0 saturated heterocycles. The van der Waals surface area contributed by atoms with E-state index in [-0.39, 0.29) is 0 Å². The number of nitrogen functional groups attached to an aromatic ring is 1. The Bertz CT molecular complexity index is 736. The molecule has 1 aromatic carbocycles. The molecule has 3 N–H and O–H groups in total. The number of benzene rings is 1. The van der Waals surface area contributed by atoms with Gasteiger partial charge in [0.2, 0.25) is 0 Å². The van der Waals surface area contributed by atoms with Gasteiger partial charge in [0.1, 0.15) is 10.1 Å². The molecule has 7 heteroatoms. The number of aromatic nitrogens is 1. The number of carboxylic acid groups (broad SMARTS) is 1. The van der Waals surface area contributed by atoms with Gasteiger partial charge >= 0.3 is 5.97 Å². The molecule has 2 heterocycles. The van der Waals surface area contributed by atoms with Gasteiger partial charge in [0.05, 0.1) is 10.2 Å². The molecule has 20 heavy (non-hydrogen) atoms. The number of rotatable bonds is 2. The maximum absolute atomic E-state index is 11.3. The van der Waals surface area contributed by atoms with Gasteiger partial charge in [0, 0.05) is 10.4 Å². The smallest absolute Gasteiger partial charge is 0.329 e. The van der Waals surface area contributed by atoms with Crippen LogP contribution in [0.25, 0.3) is 10.2 Å². The Morgan fingerprint density at radius 1 is 1.45 bits per heavy atom. The molecular weight excluding hydrogens is 294 g/mol. The molecule has 5 nitrogen and oxygen atoms in total. The second kappa shape index (κ2) is 4.46. The van der Waals surface area contributed by atoms with Crippen molar-refractivity contribution in [3.05, 3.63) is 23.2 Å². The lowest BCUT2D eigenvalue weighted by atomic mass is 10.0. The summed E-state index contributed by atoms with van der Waals surface area (Å²) in [6.45, 7) is 3.77. The predicted molar refractivity (Wildman–Crippen MR) is 83.7 cm³/mol. The van der Waals surface area contributed by atoms with E-state index in [1.54, 1.807) is 6.07 Å². The number of carbonyl (C=O) groups is 1. The van der Waals surface area contributed by atoms with Crippen LogP contribution in [0.3, 0.4) is 0 Å². The molecule has 2 aromatic rings. The topological polar surface area (TPSA) is 88.6 Å². The summed E-state index contributed by atoms with van der Waals surface area (Å²) in [4.78, 5) is 20.1. The van der Waals surface area contributed by atoms with Crippen LogP contribution in [0.1, 0.15) is 18.9 Å². The predicted octanol–water partition coefficient (Wildman–Crippen LogP) is 2.60. The molecule has 1 atom stereocenters. The number of nitrogens with two attached hydrogens (primary N) is 1. The van der Waals surface area contributed by atoms with Crippen molar-refractivity contribution in [1.82, 2.24) is 4.98 Å². The van der Waals surface area contributed by atoms with Crippen LogP contribution >= 0.6 is 23.1 Å². The fourth-order valence-corrected chi connectivity index (χ4v) is 4.30. The van der Waals surface area contributed by atoms with Crippen LogP contribution in [0.2, 0.25) is 0 Å². The maximum Gasteiger partial charge on any atom is 0.329 e. The van der Waals surface area contributed by atoms with Crippen molar-refractivity contribution in [2.45, 2.75) is 24.6 Å². The van der Waals surface area contributed by atoms with Crippen LogP contribution in [0, 0.1) is 0 Å². The molecule has 1 aliphatic heterocycles. The molecule has 0 amide bonds. The lowest BCUT2D eigenvalue weighted by Gasteiger charge is -2.19. The van der Waals surface area contributed by atoms with E-state index in [4.69, 9.17) is 5.73 Å². The average Bonchev–Trinajstić information content (AvgIpc) is 2.88. The van der Waals surface area contributed by atoms with E-state index >= 15 is 0 Å². The minimum Gasteiger partial charge on any atom is -0.480 e. The molecule has 0 spiro atoms. The second-order valence-electron chi connectivity index (χ2n) is 5.13. The van der Waals surface area contributed by atoms with Gasteiger partial charge < -0.3 is 10.8 Å². The minimum atomic E-state index is -0.900. The Kier molecular flexibility index (Phi) is 2.98. The Labute approximate surface area is 123 Å². The van der Waals surface area contributed by atoms with E-state index < -0.39 is 16.8 Å². The highest BCUT2D eigenvalue weighted by Gasteiger charge is 2.43. The highest BCUT2D eigenvalue weighted by molar-refractivity contribution is 8.16.